The van der Waals surface area contributed by atoms with Gasteiger partial charge in [-0.05, 0) is 37.0 Å². The number of likely N-dealkylation sites (tertiary alicyclic amines) is 2. The Morgan fingerprint density at radius 1 is 1.15 bits per heavy atom. The number of carbonyl (C=O) groups excluding carboxylic acids is 2. The third kappa shape index (κ3) is 3.81. The van der Waals surface area contributed by atoms with Crippen LogP contribution >= 0.6 is 0 Å². The monoisotopic (exact) mass is 371 g/mol. The summed E-state index contributed by atoms with van der Waals surface area (Å²) in [6.45, 7) is 3.37. The van der Waals surface area contributed by atoms with Crippen molar-refractivity contribution in [3.05, 3.63) is 29.8 Å². The molecule has 2 heterocycles. The molecule has 0 radical (unpaired) electrons. The van der Waals surface area contributed by atoms with Gasteiger partial charge in [-0.3, -0.25) is 9.59 Å². The van der Waals surface area contributed by atoms with E-state index in [9.17, 15) is 9.59 Å². The van der Waals surface area contributed by atoms with Gasteiger partial charge in [-0.1, -0.05) is 12.1 Å². The molecular formula is C21H29N3O3. The molecule has 1 saturated carbocycles. The molecule has 3 fully saturated rings. The molecule has 1 aliphatic carbocycles. The first-order chi connectivity index (χ1) is 13.1. The van der Waals surface area contributed by atoms with E-state index in [1.807, 2.05) is 12.1 Å². The minimum absolute atomic E-state index is 0.249. The first kappa shape index (κ1) is 18.3. The average molecular weight is 371 g/mol. The summed E-state index contributed by atoms with van der Waals surface area (Å²) in [5.41, 5.74) is 6.61. The van der Waals surface area contributed by atoms with Crippen molar-refractivity contribution in [1.29, 1.82) is 0 Å². The summed E-state index contributed by atoms with van der Waals surface area (Å²) in [6, 6.07) is 8.59. The number of amides is 2. The molecule has 0 unspecified atom stereocenters. The number of carbonyl (C=O) groups is 2. The molecule has 0 bridgehead atoms. The van der Waals surface area contributed by atoms with Crippen molar-refractivity contribution < 1.29 is 14.3 Å². The fraction of sp³-hybridized carbons (Fsp3) is 0.619. The summed E-state index contributed by atoms with van der Waals surface area (Å²) >= 11 is 0. The third-order valence-corrected chi connectivity index (χ3v) is 6.44. The number of nitrogens with zero attached hydrogens (tertiary/aromatic N) is 2. The highest BCUT2D eigenvalue weighted by Gasteiger charge is 2.49. The molecular weight excluding hydrogens is 342 g/mol. The Hall–Kier alpha value is -2.08. The topological polar surface area (TPSA) is 75.9 Å². The van der Waals surface area contributed by atoms with Crippen LogP contribution in [0.5, 0.6) is 5.75 Å². The molecule has 6 nitrogen and oxygen atoms in total. The number of hydrogen-bond acceptors (Lipinski definition) is 4. The number of benzene rings is 1. The zero-order valence-corrected chi connectivity index (χ0v) is 16.0. The number of primary amides is 1. The fourth-order valence-electron chi connectivity index (χ4n) is 4.80. The van der Waals surface area contributed by atoms with Crippen molar-refractivity contribution in [1.82, 2.24) is 9.80 Å². The predicted molar refractivity (Wildman–Crippen MR) is 102 cm³/mol. The van der Waals surface area contributed by atoms with Crippen LogP contribution < -0.4 is 10.5 Å². The first-order valence-corrected chi connectivity index (χ1v) is 10.0. The molecule has 1 aromatic rings. The number of rotatable bonds is 6. The van der Waals surface area contributed by atoms with Crippen LogP contribution in [0.2, 0.25) is 0 Å². The van der Waals surface area contributed by atoms with Crippen LogP contribution in [-0.4, -0.2) is 60.9 Å². The number of fused-ring (bicyclic) bond motifs is 1. The van der Waals surface area contributed by atoms with Crippen LogP contribution in [0, 0.1) is 11.8 Å². The molecule has 3 atom stereocenters. The molecule has 1 aromatic carbocycles. The van der Waals surface area contributed by atoms with E-state index >= 15 is 0 Å². The van der Waals surface area contributed by atoms with Crippen LogP contribution in [0.25, 0.3) is 0 Å². The maximum absolute atomic E-state index is 12.9. The molecule has 27 heavy (non-hydrogen) atoms. The number of piperidine rings is 1. The zero-order chi connectivity index (χ0) is 19.0. The average Bonchev–Trinajstić information content (AvgIpc) is 3.47. The Bertz CT molecular complexity index is 701. The zero-order valence-electron chi connectivity index (χ0n) is 16.0. The molecule has 146 valence electrons. The number of ether oxygens (including phenoxy) is 1. The minimum Gasteiger partial charge on any atom is -0.497 e. The Morgan fingerprint density at radius 3 is 2.52 bits per heavy atom. The smallest absolute Gasteiger partial charge is 0.225 e. The second kappa shape index (κ2) is 7.50. The highest BCUT2D eigenvalue weighted by atomic mass is 16.5. The number of hydrogen-bond donors (Lipinski definition) is 1. The Labute approximate surface area is 160 Å². The van der Waals surface area contributed by atoms with Gasteiger partial charge in [0.2, 0.25) is 11.8 Å². The van der Waals surface area contributed by atoms with Crippen LogP contribution in [-0.2, 0) is 9.59 Å². The highest BCUT2D eigenvalue weighted by Crippen LogP contribution is 2.44. The summed E-state index contributed by atoms with van der Waals surface area (Å²) in [4.78, 5) is 28.5. The molecule has 0 aromatic heterocycles. The maximum Gasteiger partial charge on any atom is 0.225 e. The van der Waals surface area contributed by atoms with Crippen LogP contribution in [0.3, 0.4) is 0 Å². The maximum atomic E-state index is 12.9. The molecule has 6 heteroatoms. The van der Waals surface area contributed by atoms with Gasteiger partial charge in [0.1, 0.15) is 5.75 Å². The third-order valence-electron chi connectivity index (χ3n) is 6.44. The van der Waals surface area contributed by atoms with Gasteiger partial charge >= 0.3 is 0 Å². The van der Waals surface area contributed by atoms with Gasteiger partial charge < -0.3 is 20.3 Å². The van der Waals surface area contributed by atoms with Crippen molar-refractivity contribution in [2.75, 3.05) is 33.3 Å². The lowest BCUT2D eigenvalue weighted by atomic mass is 9.81. The Balaban J connectivity index is 1.54. The van der Waals surface area contributed by atoms with Crippen LogP contribution in [0.1, 0.15) is 37.2 Å². The fourth-order valence-corrected chi connectivity index (χ4v) is 4.80. The van der Waals surface area contributed by atoms with Gasteiger partial charge in [-0.15, -0.1) is 0 Å². The van der Waals surface area contributed by atoms with Crippen molar-refractivity contribution >= 4 is 11.8 Å². The molecule has 0 spiro atoms. The standard InChI is InChI=1S/C21H29N3O3/c1-27-16-6-4-14(5-7-16)17-13-24(21(26)15-2-3-15)19-8-10-23(12-18(17)19)11-9-20(22)25/h4-7,15,17-19H,2-3,8-13H2,1H3,(H2,22,25)/t17-,18-,19-/m1/s1. The number of nitrogens with two attached hydrogens (primary N) is 1. The van der Waals surface area contributed by atoms with Gasteiger partial charge in [0.15, 0.2) is 0 Å². The molecule has 2 aliphatic heterocycles. The second-order valence-corrected chi connectivity index (χ2v) is 8.18. The van der Waals surface area contributed by atoms with E-state index in [4.69, 9.17) is 10.5 Å². The van der Waals surface area contributed by atoms with Gasteiger partial charge in [0.05, 0.1) is 7.11 Å². The number of methoxy groups -OCH3 is 1. The van der Waals surface area contributed by atoms with E-state index in [1.165, 1.54) is 5.56 Å². The van der Waals surface area contributed by atoms with E-state index in [-0.39, 0.29) is 11.8 Å². The minimum atomic E-state index is -0.249. The molecule has 2 N–H and O–H groups in total. The molecule has 2 amide bonds. The lowest BCUT2D eigenvalue weighted by molar-refractivity contribution is -0.134. The summed E-state index contributed by atoms with van der Waals surface area (Å²) in [5, 5.41) is 0. The summed E-state index contributed by atoms with van der Waals surface area (Å²) < 4.78 is 5.29. The van der Waals surface area contributed by atoms with Gasteiger partial charge in [-0.25, -0.2) is 0 Å². The lowest BCUT2D eigenvalue weighted by Gasteiger charge is -2.39. The lowest BCUT2D eigenvalue weighted by Crippen LogP contribution is -2.48. The van der Waals surface area contributed by atoms with Crippen molar-refractivity contribution in [2.24, 2.45) is 17.6 Å². The summed E-state index contributed by atoms with van der Waals surface area (Å²) in [5.74, 6) is 1.95. The Kier molecular flexibility index (Phi) is 5.08. The van der Waals surface area contributed by atoms with Gasteiger partial charge in [0.25, 0.3) is 0 Å². The van der Waals surface area contributed by atoms with E-state index in [0.29, 0.717) is 36.8 Å². The normalized spacial score (nSPS) is 28.0. The second-order valence-electron chi connectivity index (χ2n) is 8.18. The van der Waals surface area contributed by atoms with Crippen LogP contribution in [0.4, 0.5) is 0 Å². The van der Waals surface area contributed by atoms with Gasteiger partial charge in [0, 0.05) is 56.4 Å². The summed E-state index contributed by atoms with van der Waals surface area (Å²) in [6.07, 6.45) is 3.47. The predicted octanol–water partition coefficient (Wildman–Crippen LogP) is 1.60. The van der Waals surface area contributed by atoms with Gasteiger partial charge in [-0.2, -0.15) is 0 Å². The van der Waals surface area contributed by atoms with E-state index in [1.54, 1.807) is 7.11 Å². The SMILES string of the molecule is COc1ccc([C@H]2CN(C(=O)C3CC3)[C@@H]3CCN(CCC(N)=O)C[C@H]23)cc1. The molecule has 4 rings (SSSR count). The first-order valence-electron chi connectivity index (χ1n) is 10.0. The molecule has 3 aliphatic rings. The van der Waals surface area contributed by atoms with E-state index < -0.39 is 0 Å². The highest BCUT2D eigenvalue weighted by molar-refractivity contribution is 5.82. The Morgan fingerprint density at radius 2 is 1.89 bits per heavy atom. The molecule has 2 saturated heterocycles. The van der Waals surface area contributed by atoms with Crippen molar-refractivity contribution in [2.45, 2.75) is 37.6 Å². The van der Waals surface area contributed by atoms with E-state index in [2.05, 4.69) is 21.9 Å². The quantitative estimate of drug-likeness (QED) is 0.824. The van der Waals surface area contributed by atoms with Crippen molar-refractivity contribution in [3.8, 4) is 5.75 Å². The largest absolute Gasteiger partial charge is 0.497 e. The van der Waals surface area contributed by atoms with Crippen molar-refractivity contribution in [3.63, 3.8) is 0 Å². The van der Waals surface area contributed by atoms with E-state index in [0.717, 1.165) is 44.6 Å². The summed E-state index contributed by atoms with van der Waals surface area (Å²) in [7, 11) is 1.67. The van der Waals surface area contributed by atoms with Crippen LogP contribution in [0.15, 0.2) is 24.3 Å².